The van der Waals surface area contributed by atoms with Gasteiger partial charge in [-0.2, -0.15) is 0 Å². The van der Waals surface area contributed by atoms with Crippen LogP contribution in [0.4, 0.5) is 0 Å². The van der Waals surface area contributed by atoms with Crippen LogP contribution in [0.25, 0.3) is 6.08 Å². The lowest BCUT2D eigenvalue weighted by Crippen LogP contribution is -2.39. The number of rotatable bonds is 2. The first-order valence-corrected chi connectivity index (χ1v) is 9.49. The molecule has 0 bridgehead atoms. The van der Waals surface area contributed by atoms with E-state index in [1.165, 1.54) is 31.0 Å². The van der Waals surface area contributed by atoms with Gasteiger partial charge in [0.25, 0.3) is 5.91 Å². The first-order chi connectivity index (χ1) is 10.2. The van der Waals surface area contributed by atoms with E-state index in [0.29, 0.717) is 6.04 Å². The number of carbonyl (C=O) groups excluding carboxylic acids is 1. The zero-order valence-corrected chi connectivity index (χ0v) is 15.3. The van der Waals surface area contributed by atoms with E-state index >= 15 is 0 Å². The van der Waals surface area contributed by atoms with Gasteiger partial charge in [0, 0.05) is 9.61 Å². The Morgan fingerprint density at radius 1 is 1.24 bits per heavy atom. The molecule has 2 aliphatic rings. The molecule has 0 atom stereocenters. The molecule has 110 valence electrons. The van der Waals surface area contributed by atoms with Crippen molar-refractivity contribution in [2.24, 2.45) is 0 Å². The summed E-state index contributed by atoms with van der Waals surface area (Å²) in [4.78, 5) is 15.3. The van der Waals surface area contributed by atoms with Gasteiger partial charge in [0.1, 0.15) is 4.32 Å². The van der Waals surface area contributed by atoms with E-state index in [-0.39, 0.29) is 5.91 Å². The van der Waals surface area contributed by atoms with Crippen molar-refractivity contribution < 1.29 is 4.79 Å². The summed E-state index contributed by atoms with van der Waals surface area (Å²) in [6, 6.07) is 8.40. The van der Waals surface area contributed by atoms with Gasteiger partial charge in [-0.25, -0.2) is 0 Å². The minimum absolute atomic E-state index is 0.0940. The van der Waals surface area contributed by atoms with Crippen molar-refractivity contribution in [2.45, 2.75) is 38.1 Å². The number of benzene rings is 1. The molecule has 0 unspecified atom stereocenters. The summed E-state index contributed by atoms with van der Waals surface area (Å²) in [7, 11) is 0. The van der Waals surface area contributed by atoms with Gasteiger partial charge in [0.15, 0.2) is 0 Å². The third kappa shape index (κ3) is 3.35. The summed E-state index contributed by atoms with van der Waals surface area (Å²) in [5.41, 5.74) is 1.09. The van der Waals surface area contributed by atoms with Crippen LogP contribution in [0.15, 0.2) is 29.2 Å². The number of thioether (sulfide) groups is 1. The number of halogens is 1. The monoisotopic (exact) mass is 429 g/mol. The van der Waals surface area contributed by atoms with Crippen molar-refractivity contribution in [3.63, 3.8) is 0 Å². The zero-order valence-electron chi connectivity index (χ0n) is 11.5. The van der Waals surface area contributed by atoms with Gasteiger partial charge >= 0.3 is 0 Å². The molecule has 1 aliphatic carbocycles. The van der Waals surface area contributed by atoms with Crippen molar-refractivity contribution in [2.75, 3.05) is 0 Å². The molecule has 2 nitrogen and oxygen atoms in total. The van der Waals surface area contributed by atoms with Crippen LogP contribution < -0.4 is 0 Å². The summed E-state index contributed by atoms with van der Waals surface area (Å²) in [5, 5.41) is 0. The highest BCUT2D eigenvalue weighted by Gasteiger charge is 2.37. The van der Waals surface area contributed by atoms with Gasteiger partial charge in [-0.3, -0.25) is 9.69 Å². The third-order valence-electron chi connectivity index (χ3n) is 3.96. The van der Waals surface area contributed by atoms with E-state index in [0.717, 1.165) is 31.2 Å². The molecule has 2 fully saturated rings. The molecular weight excluding hydrogens is 413 g/mol. The maximum Gasteiger partial charge on any atom is 0.266 e. The summed E-state index contributed by atoms with van der Waals surface area (Å²) < 4.78 is 1.88. The van der Waals surface area contributed by atoms with Gasteiger partial charge in [-0.15, -0.1) is 0 Å². The molecule has 21 heavy (non-hydrogen) atoms. The number of thiocarbonyl (C=S) groups is 1. The largest absolute Gasteiger partial charge is 0.290 e. The van der Waals surface area contributed by atoms with Gasteiger partial charge in [0.05, 0.1) is 4.91 Å². The summed E-state index contributed by atoms with van der Waals surface area (Å²) in [6.07, 6.45) is 7.84. The molecule has 5 heteroatoms. The topological polar surface area (TPSA) is 20.3 Å². The molecule has 0 spiro atoms. The fourth-order valence-electron chi connectivity index (χ4n) is 2.87. The average Bonchev–Trinajstić information content (AvgIpc) is 2.77. The normalized spacial score (nSPS) is 22.3. The van der Waals surface area contributed by atoms with Crippen molar-refractivity contribution in [3.05, 3.63) is 38.3 Å². The number of amides is 1. The van der Waals surface area contributed by atoms with Crippen LogP contribution in [0.1, 0.15) is 37.7 Å². The highest BCUT2D eigenvalue weighted by Crippen LogP contribution is 2.37. The average molecular weight is 429 g/mol. The Kier molecular flexibility index (Phi) is 5.01. The van der Waals surface area contributed by atoms with Crippen LogP contribution >= 0.6 is 46.6 Å². The summed E-state index contributed by atoms with van der Waals surface area (Å²) >= 11 is 9.19. The highest BCUT2D eigenvalue weighted by molar-refractivity contribution is 14.1. The Bertz CT molecular complexity index is 608. The fraction of sp³-hybridized carbons (Fsp3) is 0.375. The first-order valence-electron chi connectivity index (χ1n) is 7.18. The van der Waals surface area contributed by atoms with Crippen LogP contribution in [-0.4, -0.2) is 21.2 Å². The standard InChI is InChI=1S/C16H16INOS2/c17-13-9-5-4-6-11(13)10-14-15(19)18(16(20)21-14)12-7-2-1-3-8-12/h4-6,9-10,12H,1-3,7-8H2/b14-10-. The molecule has 0 N–H and O–H groups in total. The maximum absolute atomic E-state index is 12.7. The molecule has 1 saturated carbocycles. The predicted molar refractivity (Wildman–Crippen MR) is 101 cm³/mol. The maximum atomic E-state index is 12.7. The fourth-order valence-corrected chi connectivity index (χ4v) is 4.80. The number of hydrogen-bond donors (Lipinski definition) is 0. The molecule has 0 radical (unpaired) electrons. The van der Waals surface area contributed by atoms with Crippen LogP contribution in [0.5, 0.6) is 0 Å². The number of hydrogen-bond acceptors (Lipinski definition) is 3. The lowest BCUT2D eigenvalue weighted by molar-refractivity contribution is -0.124. The van der Waals surface area contributed by atoms with Crippen molar-refractivity contribution in [1.82, 2.24) is 4.90 Å². The molecular formula is C16H16INOS2. The molecule has 1 heterocycles. The van der Waals surface area contributed by atoms with E-state index in [1.807, 2.05) is 35.2 Å². The molecule has 1 aromatic carbocycles. The lowest BCUT2D eigenvalue weighted by atomic mass is 9.94. The Balaban J connectivity index is 1.84. The molecule has 1 saturated heterocycles. The van der Waals surface area contributed by atoms with Gasteiger partial charge in [0.2, 0.25) is 0 Å². The minimum atomic E-state index is 0.0940. The second-order valence-electron chi connectivity index (χ2n) is 5.37. The Labute approximate surface area is 148 Å². The van der Waals surface area contributed by atoms with Crippen LogP contribution in [0, 0.1) is 3.57 Å². The van der Waals surface area contributed by atoms with E-state index in [2.05, 4.69) is 22.6 Å². The summed E-state index contributed by atoms with van der Waals surface area (Å²) in [6.45, 7) is 0. The summed E-state index contributed by atoms with van der Waals surface area (Å²) in [5.74, 6) is 0.0940. The van der Waals surface area contributed by atoms with Crippen molar-refractivity contribution >= 4 is 62.9 Å². The molecule has 1 aliphatic heterocycles. The molecule has 0 aromatic heterocycles. The van der Waals surface area contributed by atoms with Gasteiger partial charge in [-0.05, 0) is 53.1 Å². The van der Waals surface area contributed by atoms with Gasteiger partial charge in [-0.1, -0.05) is 61.4 Å². The number of carbonyl (C=O) groups is 1. The zero-order chi connectivity index (χ0) is 14.8. The second-order valence-corrected chi connectivity index (χ2v) is 8.20. The van der Waals surface area contributed by atoms with Crippen LogP contribution in [0.3, 0.4) is 0 Å². The third-order valence-corrected chi connectivity index (χ3v) is 6.27. The highest BCUT2D eigenvalue weighted by atomic mass is 127. The Hall–Kier alpha value is -0.400. The Morgan fingerprint density at radius 3 is 2.67 bits per heavy atom. The van der Waals surface area contributed by atoms with E-state index in [9.17, 15) is 4.79 Å². The smallest absolute Gasteiger partial charge is 0.266 e. The van der Waals surface area contributed by atoms with Crippen LogP contribution in [-0.2, 0) is 4.79 Å². The molecule has 3 rings (SSSR count). The van der Waals surface area contributed by atoms with Crippen LogP contribution in [0.2, 0.25) is 0 Å². The molecule has 1 amide bonds. The second kappa shape index (κ2) is 6.79. The van der Waals surface area contributed by atoms with E-state index in [4.69, 9.17) is 12.2 Å². The quantitative estimate of drug-likeness (QED) is 0.382. The van der Waals surface area contributed by atoms with E-state index < -0.39 is 0 Å². The van der Waals surface area contributed by atoms with E-state index in [1.54, 1.807) is 0 Å². The predicted octanol–water partition coefficient (Wildman–Crippen LogP) is 4.83. The van der Waals surface area contributed by atoms with Crippen molar-refractivity contribution in [1.29, 1.82) is 0 Å². The Morgan fingerprint density at radius 2 is 1.95 bits per heavy atom. The molecule has 1 aromatic rings. The van der Waals surface area contributed by atoms with Gasteiger partial charge < -0.3 is 0 Å². The number of nitrogens with zero attached hydrogens (tertiary/aromatic N) is 1. The SMILES string of the molecule is O=C1/C(=C/c2ccccc2I)SC(=S)N1C1CCCCC1. The lowest BCUT2D eigenvalue weighted by Gasteiger charge is -2.29. The minimum Gasteiger partial charge on any atom is -0.290 e. The first kappa shape index (κ1) is 15.5. The van der Waals surface area contributed by atoms with Crippen molar-refractivity contribution in [3.8, 4) is 0 Å².